The van der Waals surface area contributed by atoms with Crippen LogP contribution in [0, 0.1) is 5.92 Å². The number of thiazole rings is 1. The van der Waals surface area contributed by atoms with Gasteiger partial charge in [0, 0.05) is 25.2 Å². The predicted octanol–water partition coefficient (Wildman–Crippen LogP) is 1.51. The van der Waals surface area contributed by atoms with Gasteiger partial charge in [-0.1, -0.05) is 18.3 Å². The van der Waals surface area contributed by atoms with E-state index in [-0.39, 0.29) is 41.9 Å². The Labute approximate surface area is 179 Å². The third kappa shape index (κ3) is 5.16. The van der Waals surface area contributed by atoms with Crippen molar-refractivity contribution in [2.24, 2.45) is 5.92 Å². The maximum atomic E-state index is 12.8. The minimum atomic E-state index is -0.269. The fourth-order valence-corrected chi connectivity index (χ4v) is 4.43. The van der Waals surface area contributed by atoms with E-state index in [1.165, 1.54) is 22.2 Å². The quantitative estimate of drug-likeness (QED) is 0.684. The minimum absolute atomic E-state index is 0.0554. The average molecular weight is 435 g/mol. The lowest BCUT2D eigenvalue weighted by molar-refractivity contribution is -0.125. The molecular weight excluding hydrogens is 404 g/mol. The van der Waals surface area contributed by atoms with Crippen LogP contribution in [0.2, 0.25) is 0 Å². The molecule has 0 saturated carbocycles. The Morgan fingerprint density at radius 1 is 1.30 bits per heavy atom. The second-order valence-corrected chi connectivity index (χ2v) is 9.13. The number of rotatable bonds is 7. The highest BCUT2D eigenvalue weighted by atomic mass is 32.1. The van der Waals surface area contributed by atoms with Crippen molar-refractivity contribution in [3.05, 3.63) is 16.7 Å². The number of carbonyl (C=O) groups excluding carboxylic acids is 2. The lowest BCUT2D eigenvalue weighted by Crippen LogP contribution is -2.44. The summed E-state index contributed by atoms with van der Waals surface area (Å²) in [5, 5.41) is 6.52. The second-order valence-electron chi connectivity index (χ2n) is 8.15. The van der Waals surface area contributed by atoms with E-state index in [9.17, 15) is 14.4 Å². The van der Waals surface area contributed by atoms with Gasteiger partial charge in [-0.05, 0) is 40.0 Å². The van der Waals surface area contributed by atoms with E-state index in [0.29, 0.717) is 22.0 Å². The van der Waals surface area contributed by atoms with Gasteiger partial charge in [0.25, 0.3) is 5.56 Å². The highest BCUT2D eigenvalue weighted by Crippen LogP contribution is 2.29. The van der Waals surface area contributed by atoms with Gasteiger partial charge in [-0.3, -0.25) is 19.0 Å². The molecule has 1 fully saturated rings. The normalized spacial score (nSPS) is 17.9. The third-order valence-electron chi connectivity index (χ3n) is 5.20. The topological polar surface area (TPSA) is 109 Å². The van der Waals surface area contributed by atoms with Gasteiger partial charge in [-0.15, -0.1) is 0 Å². The Balaban J connectivity index is 1.77. The van der Waals surface area contributed by atoms with Crippen molar-refractivity contribution in [3.8, 4) is 0 Å². The third-order valence-corrected chi connectivity index (χ3v) is 6.29. The first-order valence-electron chi connectivity index (χ1n) is 10.5. The zero-order valence-electron chi connectivity index (χ0n) is 18.0. The Bertz CT molecular complexity index is 969. The lowest BCUT2D eigenvalue weighted by Gasteiger charge is -2.32. The Morgan fingerprint density at radius 2 is 2.07 bits per heavy atom. The van der Waals surface area contributed by atoms with E-state index < -0.39 is 0 Å². The molecule has 2 atom stereocenters. The summed E-state index contributed by atoms with van der Waals surface area (Å²) in [6.45, 7) is 9.10. The molecule has 0 aromatic carbocycles. The van der Waals surface area contributed by atoms with E-state index in [0.717, 1.165) is 25.8 Å². The molecule has 0 aliphatic carbocycles. The Kier molecular flexibility index (Phi) is 7.06. The zero-order valence-corrected chi connectivity index (χ0v) is 18.8. The molecular formula is C20H30N6O3S. The maximum Gasteiger partial charge on any atom is 0.273 e. The average Bonchev–Trinajstić information content (AvgIpc) is 3.15. The summed E-state index contributed by atoms with van der Waals surface area (Å²) in [5.41, 5.74) is 0.113. The summed E-state index contributed by atoms with van der Waals surface area (Å²) in [5.74, 6) is -0.252. The first-order valence-corrected chi connectivity index (χ1v) is 11.3. The number of fused-ring (bicyclic) bond motifs is 1. The molecule has 2 aromatic heterocycles. The van der Waals surface area contributed by atoms with Gasteiger partial charge in [-0.2, -0.15) is 4.98 Å². The van der Waals surface area contributed by atoms with Crippen LogP contribution in [0.1, 0.15) is 47.0 Å². The number of aromatic nitrogens is 3. The highest BCUT2D eigenvalue weighted by molar-refractivity contribution is 7.22. The van der Waals surface area contributed by atoms with Gasteiger partial charge in [0.05, 0.1) is 5.92 Å². The van der Waals surface area contributed by atoms with Gasteiger partial charge in [0.15, 0.2) is 10.8 Å². The first kappa shape index (κ1) is 22.2. The summed E-state index contributed by atoms with van der Waals surface area (Å²) in [6, 6.07) is 0.162. The number of hydrogen-bond acceptors (Lipinski definition) is 7. The Hall–Kier alpha value is -2.49. The molecule has 164 valence electrons. The van der Waals surface area contributed by atoms with Gasteiger partial charge in [0.1, 0.15) is 17.6 Å². The molecule has 30 heavy (non-hydrogen) atoms. The smallest absolute Gasteiger partial charge is 0.273 e. The second kappa shape index (κ2) is 9.55. The number of anilines is 1. The molecule has 1 saturated heterocycles. The van der Waals surface area contributed by atoms with E-state index in [1.54, 1.807) is 0 Å². The zero-order chi connectivity index (χ0) is 21.8. The molecule has 2 aromatic rings. The molecule has 1 aliphatic rings. The lowest BCUT2D eigenvalue weighted by atomic mass is 9.97. The van der Waals surface area contributed by atoms with Crippen LogP contribution in [0.4, 0.5) is 5.13 Å². The summed E-state index contributed by atoms with van der Waals surface area (Å²) in [4.78, 5) is 48.2. The van der Waals surface area contributed by atoms with E-state index in [2.05, 4.69) is 25.5 Å². The fourth-order valence-electron chi connectivity index (χ4n) is 3.43. The fraction of sp³-hybridized carbons (Fsp3) is 0.650. The minimum Gasteiger partial charge on any atom is -0.354 e. The number of nitrogens with one attached hydrogen (secondary N) is 2. The summed E-state index contributed by atoms with van der Waals surface area (Å²) < 4.78 is 1.74. The largest absolute Gasteiger partial charge is 0.354 e. The van der Waals surface area contributed by atoms with Crippen molar-refractivity contribution >= 4 is 38.6 Å². The molecule has 0 bridgehead atoms. The standard InChI is InChI=1S/C20H30N6O3S/c1-5-13(4)23-15(27)10-26-11-21-17-16(19(26)29)30-20(24-17)25-8-6-7-14(9-25)18(28)22-12(2)3/h11-14H,5-10H2,1-4H3,(H,22,28)(H,23,27). The number of nitrogens with zero attached hydrogens (tertiary/aromatic N) is 4. The van der Waals surface area contributed by atoms with Gasteiger partial charge < -0.3 is 15.5 Å². The summed E-state index contributed by atoms with van der Waals surface area (Å²) >= 11 is 1.27. The SMILES string of the molecule is CCC(C)NC(=O)Cn1cnc2nc(N3CCCC(C(=O)NC(C)C)C3)sc2c1=O. The number of piperidine rings is 1. The maximum absolute atomic E-state index is 12.8. The van der Waals surface area contributed by atoms with E-state index >= 15 is 0 Å². The van der Waals surface area contributed by atoms with Crippen LogP contribution in [0.5, 0.6) is 0 Å². The van der Waals surface area contributed by atoms with Crippen molar-refractivity contribution in [3.63, 3.8) is 0 Å². The van der Waals surface area contributed by atoms with Crippen molar-refractivity contribution in [2.75, 3.05) is 18.0 Å². The summed E-state index contributed by atoms with van der Waals surface area (Å²) in [6.07, 6.45) is 3.93. The number of carbonyl (C=O) groups is 2. The molecule has 3 rings (SSSR count). The van der Waals surface area contributed by atoms with Crippen LogP contribution in [0.3, 0.4) is 0 Å². The molecule has 0 spiro atoms. The summed E-state index contributed by atoms with van der Waals surface area (Å²) in [7, 11) is 0. The first-order chi connectivity index (χ1) is 14.3. The molecule has 3 heterocycles. The molecule has 2 unspecified atom stereocenters. The van der Waals surface area contributed by atoms with E-state index in [4.69, 9.17) is 0 Å². The van der Waals surface area contributed by atoms with Crippen molar-refractivity contribution in [2.45, 2.75) is 65.6 Å². The van der Waals surface area contributed by atoms with Gasteiger partial charge in [-0.25, -0.2) is 4.98 Å². The van der Waals surface area contributed by atoms with Crippen molar-refractivity contribution in [1.29, 1.82) is 0 Å². The molecule has 10 heteroatoms. The molecule has 9 nitrogen and oxygen atoms in total. The predicted molar refractivity (Wildman–Crippen MR) is 118 cm³/mol. The number of hydrogen-bond donors (Lipinski definition) is 2. The van der Waals surface area contributed by atoms with Gasteiger partial charge in [0.2, 0.25) is 11.8 Å². The van der Waals surface area contributed by atoms with Crippen molar-refractivity contribution < 1.29 is 9.59 Å². The molecule has 2 amide bonds. The van der Waals surface area contributed by atoms with Crippen LogP contribution in [0.15, 0.2) is 11.1 Å². The highest BCUT2D eigenvalue weighted by Gasteiger charge is 2.28. The molecule has 2 N–H and O–H groups in total. The van der Waals surface area contributed by atoms with Crippen LogP contribution >= 0.6 is 11.3 Å². The Morgan fingerprint density at radius 3 is 2.77 bits per heavy atom. The molecule has 1 aliphatic heterocycles. The van der Waals surface area contributed by atoms with Gasteiger partial charge >= 0.3 is 0 Å². The molecule has 0 radical (unpaired) electrons. The van der Waals surface area contributed by atoms with Crippen LogP contribution < -0.4 is 21.1 Å². The van der Waals surface area contributed by atoms with E-state index in [1.807, 2.05) is 27.7 Å². The van der Waals surface area contributed by atoms with Crippen LogP contribution in [-0.2, 0) is 16.1 Å². The van der Waals surface area contributed by atoms with Crippen LogP contribution in [-0.4, -0.2) is 51.5 Å². The number of amides is 2. The van der Waals surface area contributed by atoms with Crippen molar-refractivity contribution in [1.82, 2.24) is 25.2 Å². The van der Waals surface area contributed by atoms with Crippen LogP contribution in [0.25, 0.3) is 10.3 Å². The monoisotopic (exact) mass is 434 g/mol.